The number of benzene rings is 1. The lowest BCUT2D eigenvalue weighted by atomic mass is 9.60. The highest BCUT2D eigenvalue weighted by Crippen LogP contribution is 2.49. The second-order valence-electron chi connectivity index (χ2n) is 6.09. The minimum atomic E-state index is -0.248. The van der Waals surface area contributed by atoms with Crippen molar-refractivity contribution in [1.29, 1.82) is 0 Å². The van der Waals surface area contributed by atoms with E-state index in [0.717, 1.165) is 25.7 Å². The zero-order chi connectivity index (χ0) is 14.0. The van der Waals surface area contributed by atoms with E-state index in [1.165, 1.54) is 18.9 Å². The number of hydrogen-bond donors (Lipinski definition) is 0. The molecule has 0 aromatic heterocycles. The first-order valence-corrected chi connectivity index (χ1v) is 7.61. The number of halogens is 1. The minimum absolute atomic E-state index is 0.00675. The first-order chi connectivity index (χ1) is 9.72. The standard InChI is InChI=1S/C17H21FO2/c18-14-8-4-3-7-13(14)12-20-16-11-15(19)17(16)9-5-1-2-6-10-17/h3-4,7-8,16H,1-2,5-6,9-12H2. The van der Waals surface area contributed by atoms with Crippen molar-refractivity contribution < 1.29 is 13.9 Å². The molecule has 0 heterocycles. The van der Waals surface area contributed by atoms with E-state index < -0.39 is 0 Å². The quantitative estimate of drug-likeness (QED) is 0.833. The third-order valence-electron chi connectivity index (χ3n) is 4.94. The highest BCUT2D eigenvalue weighted by Gasteiger charge is 2.54. The summed E-state index contributed by atoms with van der Waals surface area (Å²) in [5.41, 5.74) is 0.331. The van der Waals surface area contributed by atoms with E-state index in [2.05, 4.69) is 0 Å². The van der Waals surface area contributed by atoms with Crippen molar-refractivity contribution in [2.24, 2.45) is 5.41 Å². The molecule has 108 valence electrons. The SMILES string of the molecule is O=C1CC(OCc2ccccc2F)C12CCCCCC2. The first-order valence-electron chi connectivity index (χ1n) is 7.61. The first kappa shape index (κ1) is 13.7. The molecule has 1 aromatic carbocycles. The van der Waals surface area contributed by atoms with E-state index in [1.54, 1.807) is 12.1 Å². The maximum atomic E-state index is 13.6. The fourth-order valence-electron chi connectivity index (χ4n) is 3.60. The highest BCUT2D eigenvalue weighted by molar-refractivity contribution is 5.92. The summed E-state index contributed by atoms with van der Waals surface area (Å²) >= 11 is 0. The molecule has 1 spiro atoms. The number of hydrogen-bond acceptors (Lipinski definition) is 2. The maximum Gasteiger partial charge on any atom is 0.144 e. The molecule has 3 rings (SSSR count). The Bertz CT molecular complexity index is 490. The van der Waals surface area contributed by atoms with Crippen molar-refractivity contribution in [2.75, 3.05) is 0 Å². The van der Waals surface area contributed by atoms with Crippen LogP contribution in [0.1, 0.15) is 50.5 Å². The van der Waals surface area contributed by atoms with Crippen LogP contribution in [0.5, 0.6) is 0 Å². The summed E-state index contributed by atoms with van der Waals surface area (Å²) in [6.45, 7) is 0.270. The molecule has 2 fully saturated rings. The molecule has 0 N–H and O–H groups in total. The van der Waals surface area contributed by atoms with Crippen molar-refractivity contribution in [2.45, 2.75) is 57.7 Å². The number of carbonyl (C=O) groups excluding carboxylic acids is 1. The van der Waals surface area contributed by atoms with Crippen LogP contribution in [0.15, 0.2) is 24.3 Å². The zero-order valence-corrected chi connectivity index (χ0v) is 11.7. The summed E-state index contributed by atoms with van der Waals surface area (Å²) in [7, 11) is 0. The number of ether oxygens (including phenoxy) is 1. The molecule has 1 unspecified atom stereocenters. The Labute approximate surface area is 119 Å². The van der Waals surface area contributed by atoms with Gasteiger partial charge < -0.3 is 4.74 Å². The summed E-state index contributed by atoms with van der Waals surface area (Å²) in [6.07, 6.45) is 7.07. The predicted octanol–water partition coefficient (Wildman–Crippen LogP) is 4.02. The summed E-state index contributed by atoms with van der Waals surface area (Å²) in [5.74, 6) is 0.131. The van der Waals surface area contributed by atoms with Crippen LogP contribution in [0.2, 0.25) is 0 Å². The Balaban J connectivity index is 1.66. The molecule has 3 heteroatoms. The number of ketones is 1. The molecule has 0 bridgehead atoms. The summed E-state index contributed by atoms with van der Waals surface area (Å²) in [6, 6.07) is 6.69. The van der Waals surface area contributed by atoms with E-state index in [1.807, 2.05) is 6.07 Å². The second kappa shape index (κ2) is 5.65. The van der Waals surface area contributed by atoms with Crippen LogP contribution in [0.3, 0.4) is 0 Å². The Morgan fingerprint density at radius 2 is 1.85 bits per heavy atom. The van der Waals surface area contributed by atoms with Gasteiger partial charge >= 0.3 is 0 Å². The van der Waals surface area contributed by atoms with Gasteiger partial charge in [-0.2, -0.15) is 0 Å². The Morgan fingerprint density at radius 1 is 1.15 bits per heavy atom. The molecule has 0 radical (unpaired) electrons. The molecular formula is C17H21FO2. The molecule has 20 heavy (non-hydrogen) atoms. The highest BCUT2D eigenvalue weighted by atomic mass is 19.1. The fourth-order valence-corrected chi connectivity index (χ4v) is 3.60. The van der Waals surface area contributed by atoms with Crippen molar-refractivity contribution in [1.82, 2.24) is 0 Å². The second-order valence-corrected chi connectivity index (χ2v) is 6.09. The third kappa shape index (κ3) is 2.39. The summed E-state index contributed by atoms with van der Waals surface area (Å²) in [4.78, 5) is 12.1. The van der Waals surface area contributed by atoms with Gasteiger partial charge in [0.15, 0.2) is 0 Å². The van der Waals surface area contributed by atoms with E-state index >= 15 is 0 Å². The van der Waals surface area contributed by atoms with Gasteiger partial charge in [0.1, 0.15) is 11.6 Å². The van der Waals surface area contributed by atoms with Gasteiger partial charge in [0, 0.05) is 12.0 Å². The molecule has 0 saturated heterocycles. The smallest absolute Gasteiger partial charge is 0.144 e. The average Bonchev–Trinajstić information content (AvgIpc) is 2.73. The van der Waals surface area contributed by atoms with Gasteiger partial charge in [-0.3, -0.25) is 4.79 Å². The molecule has 0 aliphatic heterocycles. The van der Waals surface area contributed by atoms with Crippen molar-refractivity contribution in [3.8, 4) is 0 Å². The molecule has 2 aliphatic carbocycles. The number of carbonyl (C=O) groups is 1. The molecular weight excluding hydrogens is 255 g/mol. The van der Waals surface area contributed by atoms with E-state index in [0.29, 0.717) is 17.8 Å². The Kier molecular flexibility index (Phi) is 3.88. The van der Waals surface area contributed by atoms with Crippen molar-refractivity contribution >= 4 is 5.78 Å². The molecule has 2 saturated carbocycles. The van der Waals surface area contributed by atoms with Crippen LogP contribution >= 0.6 is 0 Å². The molecule has 1 aromatic rings. The molecule has 2 aliphatic rings. The predicted molar refractivity (Wildman–Crippen MR) is 74.7 cm³/mol. The fraction of sp³-hybridized carbons (Fsp3) is 0.588. The van der Waals surface area contributed by atoms with Crippen LogP contribution in [-0.4, -0.2) is 11.9 Å². The van der Waals surface area contributed by atoms with Crippen LogP contribution in [0, 0.1) is 11.2 Å². The average molecular weight is 276 g/mol. The minimum Gasteiger partial charge on any atom is -0.372 e. The van der Waals surface area contributed by atoms with E-state index in [4.69, 9.17) is 4.74 Å². The van der Waals surface area contributed by atoms with Crippen LogP contribution in [0.4, 0.5) is 4.39 Å². The lowest BCUT2D eigenvalue weighted by Crippen LogP contribution is -2.55. The third-order valence-corrected chi connectivity index (χ3v) is 4.94. The lowest BCUT2D eigenvalue weighted by Gasteiger charge is -2.47. The van der Waals surface area contributed by atoms with Gasteiger partial charge in [0.05, 0.1) is 18.1 Å². The number of rotatable bonds is 3. The van der Waals surface area contributed by atoms with Gasteiger partial charge in [0.2, 0.25) is 0 Å². The molecule has 0 amide bonds. The zero-order valence-electron chi connectivity index (χ0n) is 11.7. The van der Waals surface area contributed by atoms with Gasteiger partial charge in [-0.25, -0.2) is 4.39 Å². The van der Waals surface area contributed by atoms with Crippen LogP contribution in [-0.2, 0) is 16.1 Å². The van der Waals surface area contributed by atoms with Gasteiger partial charge in [-0.1, -0.05) is 43.9 Å². The largest absolute Gasteiger partial charge is 0.372 e. The van der Waals surface area contributed by atoms with Gasteiger partial charge in [-0.15, -0.1) is 0 Å². The van der Waals surface area contributed by atoms with Crippen molar-refractivity contribution in [3.05, 3.63) is 35.6 Å². The summed E-state index contributed by atoms with van der Waals surface area (Å²) < 4.78 is 19.5. The van der Waals surface area contributed by atoms with Crippen molar-refractivity contribution in [3.63, 3.8) is 0 Å². The van der Waals surface area contributed by atoms with E-state index in [-0.39, 0.29) is 23.9 Å². The normalized spacial score (nSPS) is 25.2. The Hall–Kier alpha value is -1.22. The molecule has 2 nitrogen and oxygen atoms in total. The number of Topliss-reactive ketones (excluding diaryl/α,β-unsaturated/α-hetero) is 1. The van der Waals surface area contributed by atoms with Crippen LogP contribution in [0.25, 0.3) is 0 Å². The maximum absolute atomic E-state index is 13.6. The summed E-state index contributed by atoms with van der Waals surface area (Å²) in [5, 5.41) is 0. The lowest BCUT2D eigenvalue weighted by molar-refractivity contribution is -0.168. The monoisotopic (exact) mass is 276 g/mol. The van der Waals surface area contributed by atoms with Gasteiger partial charge in [-0.05, 0) is 18.9 Å². The van der Waals surface area contributed by atoms with Crippen LogP contribution < -0.4 is 0 Å². The van der Waals surface area contributed by atoms with Gasteiger partial charge in [0.25, 0.3) is 0 Å². The topological polar surface area (TPSA) is 26.3 Å². The van der Waals surface area contributed by atoms with E-state index in [9.17, 15) is 9.18 Å². The Morgan fingerprint density at radius 3 is 2.50 bits per heavy atom. The molecule has 1 atom stereocenters.